The fourth-order valence-electron chi connectivity index (χ4n) is 3.23. The molecule has 4 heterocycles. The smallest absolute Gasteiger partial charge is 0.165 e. The van der Waals surface area contributed by atoms with Crippen LogP contribution in [0.15, 0.2) is 41.7 Å². The van der Waals surface area contributed by atoms with E-state index in [9.17, 15) is 17.2 Å². The standard InChI is InChI=1S/C19H15F2N7O2S.2C2H6/c20-6-14-18(23)26-13(9-31(14,29)30)17-12(21)1-2-15(27-17)28-19-16-11(3-4-24-19)5-10(7-22)8-25-16;2*1-2/h1-5,8,13-14H,6,9H2,(H2,23,26)(H,24,27,28);2*1-2H3. The summed E-state index contributed by atoms with van der Waals surface area (Å²) in [6.07, 6.45) is 2.90. The minimum absolute atomic E-state index is 0.168. The number of rotatable bonds is 4. The van der Waals surface area contributed by atoms with E-state index >= 15 is 0 Å². The molecule has 2 atom stereocenters. The molecule has 3 N–H and O–H groups in total. The molecule has 9 nitrogen and oxygen atoms in total. The molecule has 0 aromatic carbocycles. The summed E-state index contributed by atoms with van der Waals surface area (Å²) in [5, 5.41) is 11.1. The number of nitrogens with zero attached hydrogens (tertiary/aromatic N) is 5. The lowest BCUT2D eigenvalue weighted by molar-refractivity contribution is 0.488. The monoisotopic (exact) mass is 503 g/mol. The van der Waals surface area contributed by atoms with Gasteiger partial charge in [-0.3, -0.25) is 9.98 Å². The summed E-state index contributed by atoms with van der Waals surface area (Å²) in [7, 11) is -3.95. The second-order valence-electron chi connectivity index (χ2n) is 6.80. The average molecular weight is 504 g/mol. The Morgan fingerprint density at radius 3 is 2.54 bits per heavy atom. The first kappa shape index (κ1) is 27.5. The highest BCUT2D eigenvalue weighted by Gasteiger charge is 2.38. The molecule has 3 aromatic heterocycles. The molecule has 12 heteroatoms. The maximum Gasteiger partial charge on any atom is 0.165 e. The van der Waals surface area contributed by atoms with Crippen molar-refractivity contribution < 1.29 is 17.2 Å². The van der Waals surface area contributed by atoms with Gasteiger partial charge in [-0.15, -0.1) is 0 Å². The first-order valence-corrected chi connectivity index (χ1v) is 12.7. The van der Waals surface area contributed by atoms with E-state index < -0.39 is 45.2 Å². The van der Waals surface area contributed by atoms with Crippen molar-refractivity contribution in [2.75, 3.05) is 17.7 Å². The summed E-state index contributed by atoms with van der Waals surface area (Å²) in [6, 6.07) is 6.58. The van der Waals surface area contributed by atoms with Crippen LogP contribution in [0, 0.1) is 17.1 Å². The highest BCUT2D eigenvalue weighted by atomic mass is 32.2. The van der Waals surface area contributed by atoms with E-state index in [0.717, 1.165) is 6.07 Å². The first-order valence-electron chi connectivity index (χ1n) is 11.0. The van der Waals surface area contributed by atoms with Gasteiger partial charge in [0.15, 0.2) is 15.7 Å². The van der Waals surface area contributed by atoms with Crippen LogP contribution < -0.4 is 11.1 Å². The van der Waals surface area contributed by atoms with Crippen molar-refractivity contribution in [3.63, 3.8) is 0 Å². The first-order chi connectivity index (χ1) is 16.8. The third-order valence-corrected chi connectivity index (χ3v) is 6.78. The SMILES string of the molecule is CC.CC.N#Cc1cnc2c(Nc3ccc(F)c(C4CS(=O)(=O)C(CF)C(N)=N4)n3)nccc2c1. The molecule has 3 aromatic rings. The highest BCUT2D eigenvalue weighted by Crippen LogP contribution is 2.29. The molecule has 0 saturated heterocycles. The number of hydrogen-bond acceptors (Lipinski definition) is 9. The highest BCUT2D eigenvalue weighted by molar-refractivity contribution is 7.92. The number of nitriles is 1. The molecule has 1 aliphatic heterocycles. The Morgan fingerprint density at radius 1 is 1.20 bits per heavy atom. The van der Waals surface area contributed by atoms with Crippen LogP contribution in [0.4, 0.5) is 20.4 Å². The fourth-order valence-corrected chi connectivity index (χ4v) is 4.76. The van der Waals surface area contributed by atoms with Crippen LogP contribution in [-0.2, 0) is 9.84 Å². The second kappa shape index (κ2) is 12.1. The molecular weight excluding hydrogens is 476 g/mol. The van der Waals surface area contributed by atoms with E-state index in [4.69, 9.17) is 11.0 Å². The Kier molecular flexibility index (Phi) is 9.53. The van der Waals surface area contributed by atoms with Crippen molar-refractivity contribution >= 4 is 38.2 Å². The zero-order valence-electron chi connectivity index (χ0n) is 19.8. The van der Waals surface area contributed by atoms with Crippen LogP contribution >= 0.6 is 0 Å². The third-order valence-electron chi connectivity index (χ3n) is 4.76. The number of halogens is 2. The van der Waals surface area contributed by atoms with Crippen molar-refractivity contribution in [3.8, 4) is 6.07 Å². The number of anilines is 2. The van der Waals surface area contributed by atoms with Crippen LogP contribution in [0.25, 0.3) is 10.9 Å². The average Bonchev–Trinajstić information content (AvgIpc) is 2.86. The lowest BCUT2D eigenvalue weighted by Crippen LogP contribution is -2.44. The second-order valence-corrected chi connectivity index (χ2v) is 9.03. The predicted molar refractivity (Wildman–Crippen MR) is 132 cm³/mol. The van der Waals surface area contributed by atoms with Gasteiger partial charge >= 0.3 is 0 Å². The molecule has 2 unspecified atom stereocenters. The molecule has 0 spiro atoms. The lowest BCUT2D eigenvalue weighted by Gasteiger charge is -2.24. The van der Waals surface area contributed by atoms with Gasteiger partial charge in [-0.05, 0) is 24.3 Å². The summed E-state index contributed by atoms with van der Waals surface area (Å²) in [4.78, 5) is 16.5. The Morgan fingerprint density at radius 2 is 1.91 bits per heavy atom. The van der Waals surface area contributed by atoms with Crippen molar-refractivity contribution in [2.24, 2.45) is 10.7 Å². The van der Waals surface area contributed by atoms with E-state index in [2.05, 4.69) is 25.3 Å². The molecule has 0 amide bonds. The quantitative estimate of drug-likeness (QED) is 0.543. The Hall–Kier alpha value is -3.72. The van der Waals surface area contributed by atoms with Crippen molar-refractivity contribution in [3.05, 3.63) is 53.7 Å². The van der Waals surface area contributed by atoms with Crippen LogP contribution in [-0.4, -0.2) is 46.9 Å². The van der Waals surface area contributed by atoms with Crippen LogP contribution in [0.1, 0.15) is 45.0 Å². The molecule has 4 rings (SSSR count). The number of aliphatic imine (C=N–C) groups is 1. The number of sulfone groups is 1. The topological polar surface area (TPSA) is 147 Å². The van der Waals surface area contributed by atoms with Gasteiger partial charge in [-0.25, -0.2) is 27.2 Å². The van der Waals surface area contributed by atoms with E-state index in [-0.39, 0.29) is 11.5 Å². The van der Waals surface area contributed by atoms with Gasteiger partial charge in [0, 0.05) is 17.8 Å². The molecule has 0 fully saturated rings. The van der Waals surface area contributed by atoms with Crippen LogP contribution in [0.5, 0.6) is 0 Å². The van der Waals surface area contributed by atoms with E-state index in [0.29, 0.717) is 22.3 Å². The molecule has 186 valence electrons. The van der Waals surface area contributed by atoms with Gasteiger partial charge in [-0.2, -0.15) is 5.26 Å². The largest absolute Gasteiger partial charge is 0.386 e. The van der Waals surface area contributed by atoms with Gasteiger partial charge in [0.25, 0.3) is 0 Å². The summed E-state index contributed by atoms with van der Waals surface area (Å²) in [6.45, 7) is 6.80. The van der Waals surface area contributed by atoms with Crippen molar-refractivity contribution in [1.82, 2.24) is 15.0 Å². The summed E-state index contributed by atoms with van der Waals surface area (Å²) >= 11 is 0. The number of nitrogens with two attached hydrogens (primary N) is 1. The minimum Gasteiger partial charge on any atom is -0.386 e. The number of aromatic nitrogens is 3. The molecule has 0 saturated carbocycles. The molecule has 0 radical (unpaired) electrons. The number of hydrogen-bond donors (Lipinski definition) is 2. The normalized spacial score (nSPS) is 18.1. The maximum absolute atomic E-state index is 14.5. The van der Waals surface area contributed by atoms with Crippen LogP contribution in [0.2, 0.25) is 0 Å². The predicted octanol–water partition coefficient (Wildman–Crippen LogP) is 4.00. The maximum atomic E-state index is 14.5. The van der Waals surface area contributed by atoms with Crippen LogP contribution in [0.3, 0.4) is 0 Å². The molecule has 0 bridgehead atoms. The van der Waals surface area contributed by atoms with Crippen molar-refractivity contribution in [1.29, 1.82) is 5.26 Å². The number of alkyl halides is 1. The Balaban J connectivity index is 0.00000103. The summed E-state index contributed by atoms with van der Waals surface area (Å²) in [5.74, 6) is -1.32. The zero-order valence-corrected chi connectivity index (χ0v) is 20.6. The van der Waals surface area contributed by atoms with E-state index in [1.807, 2.05) is 33.8 Å². The van der Waals surface area contributed by atoms with Gasteiger partial charge in [-0.1, -0.05) is 27.7 Å². The lowest BCUT2D eigenvalue weighted by atomic mass is 10.2. The molecule has 0 aliphatic carbocycles. The van der Waals surface area contributed by atoms with E-state index in [1.54, 1.807) is 12.1 Å². The summed E-state index contributed by atoms with van der Waals surface area (Å²) in [5.41, 5.74) is 6.21. The number of amidine groups is 1. The van der Waals surface area contributed by atoms with Gasteiger partial charge in [0.05, 0.1) is 11.3 Å². The Labute approximate surface area is 203 Å². The Bertz CT molecular complexity index is 1360. The number of fused-ring (bicyclic) bond motifs is 1. The molecule has 1 aliphatic rings. The van der Waals surface area contributed by atoms with Gasteiger partial charge < -0.3 is 11.1 Å². The molecular formula is C23H27F2N7O2S. The zero-order chi connectivity index (χ0) is 26.2. The fraction of sp³-hybridized carbons (Fsp3) is 0.348. The third kappa shape index (κ3) is 6.05. The minimum atomic E-state index is -3.95. The van der Waals surface area contributed by atoms with E-state index in [1.165, 1.54) is 18.5 Å². The number of nitrogens with one attached hydrogen (secondary N) is 1. The molecule has 35 heavy (non-hydrogen) atoms. The van der Waals surface area contributed by atoms with Gasteiger partial charge in [0.1, 0.15) is 52.7 Å². The summed E-state index contributed by atoms with van der Waals surface area (Å²) < 4.78 is 52.1. The van der Waals surface area contributed by atoms with Crippen molar-refractivity contribution in [2.45, 2.75) is 39.0 Å². The van der Waals surface area contributed by atoms with Gasteiger partial charge in [0.2, 0.25) is 0 Å². The number of pyridine rings is 3.